The fourth-order valence-electron chi connectivity index (χ4n) is 6.34. The van der Waals surface area contributed by atoms with Crippen LogP contribution in [0.3, 0.4) is 0 Å². The zero-order valence-electron chi connectivity index (χ0n) is 22.3. The van der Waals surface area contributed by atoms with Crippen molar-refractivity contribution in [2.24, 2.45) is 22.7 Å². The first-order valence-electron chi connectivity index (χ1n) is 13.0. The van der Waals surface area contributed by atoms with E-state index in [1.165, 1.54) is 21.8 Å². The van der Waals surface area contributed by atoms with Crippen LogP contribution in [-0.4, -0.2) is 29.0 Å². The van der Waals surface area contributed by atoms with Crippen LogP contribution in [0.25, 0.3) is 9.66 Å². The van der Waals surface area contributed by atoms with Gasteiger partial charge in [0.25, 0.3) is 0 Å². The minimum atomic E-state index is -4.45. The Morgan fingerprint density at radius 2 is 1.39 bits per heavy atom. The average Bonchev–Trinajstić information content (AvgIpc) is 3.57. The lowest BCUT2D eigenvalue weighted by atomic mass is 9.62. The Kier molecular flexibility index (Phi) is 6.98. The molecule has 0 saturated heterocycles. The number of alkyl halides is 3. The van der Waals surface area contributed by atoms with E-state index in [0.29, 0.717) is 27.5 Å². The first-order chi connectivity index (χ1) is 17.7. The number of imidazole rings is 2. The number of aromatic nitrogens is 4. The van der Waals surface area contributed by atoms with Crippen LogP contribution in [0.2, 0.25) is 0 Å². The zero-order chi connectivity index (χ0) is 27.6. The quantitative estimate of drug-likeness (QED) is 0.268. The molecule has 3 unspecified atom stereocenters. The number of aliphatic hydroxyl groups excluding tert-OH is 2. The van der Waals surface area contributed by atoms with Gasteiger partial charge in [0.05, 0.1) is 36.0 Å². The second-order valence-electron chi connectivity index (χ2n) is 12.5. The molecule has 11 heteroatoms. The molecule has 4 heterocycles. The molecule has 0 aromatic carbocycles. The molecular formula is C27H35F3N4O2S2. The molecule has 4 aromatic heterocycles. The van der Waals surface area contributed by atoms with Crippen molar-refractivity contribution in [2.45, 2.75) is 85.1 Å². The third-order valence-electron chi connectivity index (χ3n) is 8.13. The van der Waals surface area contributed by atoms with Crippen molar-refractivity contribution in [3.63, 3.8) is 0 Å². The normalized spacial score (nSPS) is 22.8. The van der Waals surface area contributed by atoms with E-state index in [4.69, 9.17) is 0 Å². The summed E-state index contributed by atoms with van der Waals surface area (Å²) in [6, 6.07) is 0. The van der Waals surface area contributed by atoms with Gasteiger partial charge < -0.3 is 10.2 Å². The largest absolute Gasteiger partial charge is 0.427 e. The number of fused-ring (bicyclic) bond motifs is 2. The topological polar surface area (TPSA) is 75.1 Å². The van der Waals surface area contributed by atoms with E-state index >= 15 is 0 Å². The first kappa shape index (κ1) is 27.6. The molecule has 208 valence electrons. The van der Waals surface area contributed by atoms with Crippen LogP contribution in [0, 0.1) is 29.6 Å². The Morgan fingerprint density at radius 1 is 0.868 bits per heavy atom. The maximum Gasteiger partial charge on any atom is 0.427 e. The van der Waals surface area contributed by atoms with Gasteiger partial charge in [-0.3, -0.25) is 8.80 Å². The van der Waals surface area contributed by atoms with Gasteiger partial charge >= 0.3 is 6.18 Å². The number of hydrogen-bond donors (Lipinski definition) is 2. The van der Waals surface area contributed by atoms with Gasteiger partial charge in [-0.2, -0.15) is 13.2 Å². The predicted molar refractivity (Wildman–Crippen MR) is 143 cm³/mol. The highest BCUT2D eigenvalue weighted by Crippen LogP contribution is 2.51. The highest BCUT2D eigenvalue weighted by Gasteiger charge is 2.44. The number of aliphatic hydroxyl groups is 2. The molecule has 2 aliphatic carbocycles. The summed E-state index contributed by atoms with van der Waals surface area (Å²) in [6.45, 7) is 10.8. The van der Waals surface area contributed by atoms with E-state index in [0.717, 1.165) is 42.6 Å². The standard InChI is InChI=1S/C14H17F3N2OS.C13H18N2OS/c1-13(2)4-3-8(5-13)11(20)10-12(14(15,16)17)21-9-6-18-7-19(9)10;1-8-11(15-7-14-6-10(15)17-8)12(16)9-4-13(2,3)5-9/h6-8,11,20H,3-5H2,1-2H3;6-7,9,12,16H,4-5H2,1-3H3. The monoisotopic (exact) mass is 568 g/mol. The number of rotatable bonds is 4. The summed E-state index contributed by atoms with van der Waals surface area (Å²) in [7, 11) is 0. The van der Waals surface area contributed by atoms with Crippen LogP contribution in [0.1, 0.15) is 93.1 Å². The second-order valence-corrected chi connectivity index (χ2v) is 14.7. The van der Waals surface area contributed by atoms with Crippen LogP contribution in [-0.2, 0) is 6.18 Å². The van der Waals surface area contributed by atoms with Gasteiger partial charge in [0, 0.05) is 4.88 Å². The molecule has 0 amide bonds. The summed E-state index contributed by atoms with van der Waals surface area (Å²) in [5.41, 5.74) is 1.48. The highest BCUT2D eigenvalue weighted by atomic mass is 32.1. The van der Waals surface area contributed by atoms with Crippen molar-refractivity contribution in [1.82, 2.24) is 18.8 Å². The van der Waals surface area contributed by atoms with Crippen molar-refractivity contribution >= 4 is 32.3 Å². The van der Waals surface area contributed by atoms with E-state index in [-0.39, 0.29) is 23.1 Å². The summed E-state index contributed by atoms with van der Waals surface area (Å²) in [5, 5.41) is 21.1. The van der Waals surface area contributed by atoms with Crippen LogP contribution < -0.4 is 0 Å². The van der Waals surface area contributed by atoms with Gasteiger partial charge in [-0.05, 0) is 61.7 Å². The molecule has 38 heavy (non-hydrogen) atoms. The van der Waals surface area contributed by atoms with Gasteiger partial charge in [-0.1, -0.05) is 27.7 Å². The van der Waals surface area contributed by atoms with Crippen molar-refractivity contribution in [1.29, 1.82) is 0 Å². The van der Waals surface area contributed by atoms with Crippen molar-refractivity contribution in [3.05, 3.63) is 46.2 Å². The maximum absolute atomic E-state index is 13.2. The lowest BCUT2D eigenvalue weighted by Crippen LogP contribution is -2.35. The Balaban J connectivity index is 0.000000158. The molecule has 2 N–H and O–H groups in total. The molecule has 0 spiro atoms. The fourth-order valence-corrected chi connectivity index (χ4v) is 8.34. The number of aryl methyl sites for hydroxylation is 1. The molecule has 2 fully saturated rings. The lowest BCUT2D eigenvalue weighted by Gasteiger charge is -2.44. The fraction of sp³-hybridized carbons (Fsp3) is 0.630. The third kappa shape index (κ3) is 5.14. The van der Waals surface area contributed by atoms with E-state index < -0.39 is 17.2 Å². The summed E-state index contributed by atoms with van der Waals surface area (Å²) in [6.07, 6.45) is 5.14. The summed E-state index contributed by atoms with van der Waals surface area (Å²) in [5.74, 6) is 0.269. The molecule has 6 rings (SSSR count). The molecule has 2 saturated carbocycles. The second kappa shape index (κ2) is 9.60. The van der Waals surface area contributed by atoms with Crippen LogP contribution >= 0.6 is 22.7 Å². The number of hydrogen-bond acceptors (Lipinski definition) is 6. The van der Waals surface area contributed by atoms with Crippen LogP contribution in [0.15, 0.2) is 25.0 Å². The van der Waals surface area contributed by atoms with Crippen molar-refractivity contribution in [3.8, 4) is 0 Å². The highest BCUT2D eigenvalue weighted by molar-refractivity contribution is 7.17. The van der Waals surface area contributed by atoms with Gasteiger partial charge in [0.2, 0.25) is 0 Å². The molecule has 0 bridgehead atoms. The molecule has 4 aromatic rings. The minimum absolute atomic E-state index is 0.0531. The number of nitrogens with zero attached hydrogens (tertiary/aromatic N) is 4. The lowest BCUT2D eigenvalue weighted by molar-refractivity contribution is -0.136. The SMILES string of the molecule is CC1(C)CCC(C(O)c2c(C(F)(F)F)sc3cncn23)C1.Cc1sc2cncn2c1C(O)C1CC(C)(C)C1. The van der Waals surface area contributed by atoms with Gasteiger partial charge in [0.15, 0.2) is 0 Å². The predicted octanol–water partition coefficient (Wildman–Crippen LogP) is 7.45. The molecule has 0 aliphatic heterocycles. The van der Waals surface area contributed by atoms with E-state index in [9.17, 15) is 23.4 Å². The summed E-state index contributed by atoms with van der Waals surface area (Å²) in [4.78, 5) is 10.0. The van der Waals surface area contributed by atoms with Crippen LogP contribution in [0.5, 0.6) is 0 Å². The van der Waals surface area contributed by atoms with E-state index in [1.54, 1.807) is 17.7 Å². The molecule has 2 aliphatic rings. The van der Waals surface area contributed by atoms with Crippen LogP contribution in [0.4, 0.5) is 13.2 Å². The smallest absolute Gasteiger partial charge is 0.387 e. The van der Waals surface area contributed by atoms with E-state index in [1.807, 2.05) is 10.6 Å². The Morgan fingerprint density at radius 3 is 1.92 bits per heavy atom. The minimum Gasteiger partial charge on any atom is -0.387 e. The number of thiazole rings is 2. The Bertz CT molecular complexity index is 1420. The van der Waals surface area contributed by atoms with E-state index in [2.05, 4.69) is 44.6 Å². The van der Waals surface area contributed by atoms with Gasteiger partial charge in [-0.25, -0.2) is 9.97 Å². The summed E-state index contributed by atoms with van der Waals surface area (Å²) >= 11 is 2.35. The first-order valence-corrected chi connectivity index (χ1v) is 14.6. The van der Waals surface area contributed by atoms with Crippen molar-refractivity contribution < 1.29 is 23.4 Å². The molecular weight excluding hydrogens is 533 g/mol. The zero-order valence-corrected chi connectivity index (χ0v) is 23.9. The number of halogens is 3. The average molecular weight is 569 g/mol. The summed E-state index contributed by atoms with van der Waals surface area (Å²) < 4.78 is 43.1. The Labute approximate surface area is 228 Å². The van der Waals surface area contributed by atoms with Crippen molar-refractivity contribution in [2.75, 3.05) is 0 Å². The van der Waals surface area contributed by atoms with Gasteiger partial charge in [-0.15, -0.1) is 22.7 Å². The van der Waals surface area contributed by atoms with Gasteiger partial charge in [0.1, 0.15) is 27.2 Å². The third-order valence-corrected chi connectivity index (χ3v) is 10.3. The molecule has 0 radical (unpaired) electrons. The maximum atomic E-state index is 13.2. The molecule has 6 nitrogen and oxygen atoms in total. The molecule has 3 atom stereocenters. The Hall–Kier alpha value is -1.95.